The van der Waals surface area contributed by atoms with Crippen molar-refractivity contribution in [3.63, 3.8) is 0 Å². The van der Waals surface area contributed by atoms with Crippen LogP contribution in [-0.4, -0.2) is 11.7 Å². The van der Waals surface area contributed by atoms with Crippen LogP contribution >= 0.6 is 0 Å². The molecule has 2 aromatic carbocycles. The van der Waals surface area contributed by atoms with E-state index in [0.29, 0.717) is 11.1 Å². The molecule has 0 aliphatic rings. The minimum atomic E-state index is -0.356. The van der Waals surface area contributed by atoms with E-state index in [-0.39, 0.29) is 19.0 Å². The van der Waals surface area contributed by atoms with Crippen LogP contribution in [0.4, 0.5) is 4.39 Å². The lowest BCUT2D eigenvalue weighted by Gasteiger charge is -2.10. The van der Waals surface area contributed by atoms with E-state index in [2.05, 4.69) is 11.8 Å². The Kier molecular flexibility index (Phi) is 4.97. The largest absolute Gasteiger partial charge is 0.489 e. The van der Waals surface area contributed by atoms with Crippen molar-refractivity contribution in [2.24, 2.45) is 0 Å². The van der Waals surface area contributed by atoms with Crippen molar-refractivity contribution in [3.05, 3.63) is 64.5 Å². The second-order valence-electron chi connectivity index (χ2n) is 4.82. The molecule has 0 aromatic heterocycles. The van der Waals surface area contributed by atoms with E-state index in [9.17, 15) is 4.39 Å². The molecule has 0 aliphatic carbocycles. The van der Waals surface area contributed by atoms with Crippen LogP contribution in [0.3, 0.4) is 0 Å². The van der Waals surface area contributed by atoms with Gasteiger partial charge in [0.1, 0.15) is 24.8 Å². The first-order valence-corrected chi connectivity index (χ1v) is 6.68. The van der Waals surface area contributed by atoms with Gasteiger partial charge in [-0.2, -0.15) is 0 Å². The number of aliphatic hydroxyl groups excluding tert-OH is 1. The first-order chi connectivity index (χ1) is 10.1. The van der Waals surface area contributed by atoms with Gasteiger partial charge in [-0.1, -0.05) is 30.0 Å². The van der Waals surface area contributed by atoms with Gasteiger partial charge < -0.3 is 9.84 Å². The van der Waals surface area contributed by atoms with Crippen molar-refractivity contribution >= 4 is 0 Å². The SMILES string of the molecule is Cc1ccc(C)c(OCc2ccc(C#CCO)cc2F)c1. The Morgan fingerprint density at radius 3 is 2.67 bits per heavy atom. The van der Waals surface area contributed by atoms with E-state index in [4.69, 9.17) is 9.84 Å². The fraction of sp³-hybridized carbons (Fsp3) is 0.222. The summed E-state index contributed by atoms with van der Waals surface area (Å²) in [6.07, 6.45) is 0. The molecular formula is C18H17FO2. The van der Waals surface area contributed by atoms with Crippen molar-refractivity contribution in [2.45, 2.75) is 20.5 Å². The normalized spacial score (nSPS) is 9.90. The average molecular weight is 284 g/mol. The number of ether oxygens (including phenoxy) is 1. The molecule has 0 spiro atoms. The summed E-state index contributed by atoms with van der Waals surface area (Å²) in [5.74, 6) is 5.57. The maximum Gasteiger partial charge on any atom is 0.131 e. The number of aryl methyl sites for hydroxylation is 2. The Bertz CT molecular complexity index is 696. The predicted octanol–water partition coefficient (Wildman–Crippen LogP) is 3.37. The van der Waals surface area contributed by atoms with Crippen LogP contribution in [0.5, 0.6) is 5.75 Å². The Morgan fingerprint density at radius 1 is 1.14 bits per heavy atom. The van der Waals surface area contributed by atoms with Crippen LogP contribution in [-0.2, 0) is 6.61 Å². The molecule has 21 heavy (non-hydrogen) atoms. The number of rotatable bonds is 3. The van der Waals surface area contributed by atoms with Gasteiger partial charge in [-0.25, -0.2) is 4.39 Å². The second-order valence-corrected chi connectivity index (χ2v) is 4.82. The Morgan fingerprint density at radius 2 is 1.95 bits per heavy atom. The van der Waals surface area contributed by atoms with Crippen molar-refractivity contribution in [2.75, 3.05) is 6.61 Å². The lowest BCUT2D eigenvalue weighted by Crippen LogP contribution is -2.00. The van der Waals surface area contributed by atoms with Crippen LogP contribution in [0.25, 0.3) is 0 Å². The number of hydrogen-bond donors (Lipinski definition) is 1. The Labute approximate surface area is 124 Å². The molecule has 2 rings (SSSR count). The van der Waals surface area contributed by atoms with Crippen LogP contribution in [0.2, 0.25) is 0 Å². The number of aliphatic hydroxyl groups is 1. The van der Waals surface area contributed by atoms with E-state index in [1.54, 1.807) is 12.1 Å². The zero-order valence-electron chi connectivity index (χ0n) is 12.1. The summed E-state index contributed by atoms with van der Waals surface area (Å²) in [6.45, 7) is 3.88. The predicted molar refractivity (Wildman–Crippen MR) is 80.6 cm³/mol. The quantitative estimate of drug-likeness (QED) is 0.876. The molecule has 0 radical (unpaired) electrons. The van der Waals surface area contributed by atoms with Crippen molar-refractivity contribution in [3.8, 4) is 17.6 Å². The molecule has 0 unspecified atom stereocenters. The number of halogens is 1. The van der Waals surface area contributed by atoms with Gasteiger partial charge in [-0.15, -0.1) is 0 Å². The average Bonchev–Trinajstić information content (AvgIpc) is 2.47. The van der Waals surface area contributed by atoms with E-state index in [1.807, 2.05) is 32.0 Å². The van der Waals surface area contributed by atoms with Gasteiger partial charge in [0.2, 0.25) is 0 Å². The molecule has 0 heterocycles. The zero-order chi connectivity index (χ0) is 15.2. The molecule has 0 fully saturated rings. The monoisotopic (exact) mass is 284 g/mol. The minimum absolute atomic E-state index is 0.170. The third-order valence-electron chi connectivity index (χ3n) is 3.09. The third-order valence-corrected chi connectivity index (χ3v) is 3.09. The van der Waals surface area contributed by atoms with Crippen LogP contribution in [0, 0.1) is 31.5 Å². The van der Waals surface area contributed by atoms with Gasteiger partial charge in [0.25, 0.3) is 0 Å². The highest BCUT2D eigenvalue weighted by atomic mass is 19.1. The summed E-state index contributed by atoms with van der Waals surface area (Å²) in [7, 11) is 0. The summed E-state index contributed by atoms with van der Waals surface area (Å²) in [6, 6.07) is 10.7. The van der Waals surface area contributed by atoms with E-state index >= 15 is 0 Å². The molecule has 1 N–H and O–H groups in total. The van der Waals surface area contributed by atoms with Crippen molar-refractivity contribution in [1.82, 2.24) is 0 Å². The maximum absolute atomic E-state index is 13.9. The van der Waals surface area contributed by atoms with Gasteiger partial charge >= 0.3 is 0 Å². The molecule has 0 atom stereocenters. The fourth-order valence-corrected chi connectivity index (χ4v) is 1.90. The standard InChI is InChI=1S/C18H17FO2/c1-13-5-6-14(2)18(10-13)21-12-16-8-7-15(4-3-9-20)11-17(16)19/h5-8,10-11,20H,9,12H2,1-2H3. The minimum Gasteiger partial charge on any atom is -0.489 e. The molecule has 0 saturated carbocycles. The summed E-state index contributed by atoms with van der Waals surface area (Å²) in [5.41, 5.74) is 3.14. The zero-order valence-corrected chi connectivity index (χ0v) is 12.1. The molecule has 0 bridgehead atoms. The summed E-state index contributed by atoms with van der Waals surface area (Å²) in [4.78, 5) is 0. The van der Waals surface area contributed by atoms with Crippen molar-refractivity contribution < 1.29 is 14.2 Å². The van der Waals surface area contributed by atoms with Gasteiger partial charge in [0, 0.05) is 11.1 Å². The van der Waals surface area contributed by atoms with Crippen LogP contribution in [0.1, 0.15) is 22.3 Å². The van der Waals surface area contributed by atoms with E-state index in [1.165, 1.54) is 6.07 Å². The highest BCUT2D eigenvalue weighted by Gasteiger charge is 2.05. The molecule has 3 heteroatoms. The van der Waals surface area contributed by atoms with E-state index in [0.717, 1.165) is 16.9 Å². The third kappa shape index (κ3) is 4.08. The molecule has 0 saturated heterocycles. The number of hydrogen-bond acceptors (Lipinski definition) is 2. The van der Waals surface area contributed by atoms with E-state index < -0.39 is 0 Å². The summed E-state index contributed by atoms with van der Waals surface area (Å²) in [5, 5.41) is 8.62. The maximum atomic E-state index is 13.9. The highest BCUT2D eigenvalue weighted by molar-refractivity contribution is 5.38. The number of benzene rings is 2. The fourth-order valence-electron chi connectivity index (χ4n) is 1.90. The summed E-state index contributed by atoms with van der Waals surface area (Å²) >= 11 is 0. The van der Waals surface area contributed by atoms with Gasteiger partial charge in [0.05, 0.1) is 0 Å². The van der Waals surface area contributed by atoms with Crippen LogP contribution in [0.15, 0.2) is 36.4 Å². The lowest BCUT2D eigenvalue weighted by atomic mass is 10.1. The first kappa shape index (κ1) is 15.1. The summed E-state index contributed by atoms with van der Waals surface area (Å²) < 4.78 is 19.6. The topological polar surface area (TPSA) is 29.5 Å². The highest BCUT2D eigenvalue weighted by Crippen LogP contribution is 2.21. The second kappa shape index (κ2) is 6.92. The van der Waals surface area contributed by atoms with Crippen molar-refractivity contribution in [1.29, 1.82) is 0 Å². The molecule has 0 aliphatic heterocycles. The Hall–Kier alpha value is -2.31. The Balaban J connectivity index is 2.11. The van der Waals surface area contributed by atoms with Crippen LogP contribution < -0.4 is 4.74 Å². The smallest absolute Gasteiger partial charge is 0.131 e. The van der Waals surface area contributed by atoms with Gasteiger partial charge in [0.15, 0.2) is 0 Å². The van der Waals surface area contributed by atoms with Gasteiger partial charge in [-0.05, 0) is 43.2 Å². The first-order valence-electron chi connectivity index (χ1n) is 6.68. The molecule has 2 nitrogen and oxygen atoms in total. The molecule has 108 valence electrons. The molecule has 0 amide bonds. The molecule has 2 aromatic rings. The lowest BCUT2D eigenvalue weighted by molar-refractivity contribution is 0.297. The van der Waals surface area contributed by atoms with Gasteiger partial charge in [-0.3, -0.25) is 0 Å². The molecular weight excluding hydrogens is 267 g/mol.